The monoisotopic (exact) mass is 269 g/mol. The Morgan fingerprint density at radius 1 is 1.25 bits per heavy atom. The minimum absolute atomic E-state index is 0.160. The van der Waals surface area contributed by atoms with Crippen LogP contribution in [0.25, 0.3) is 0 Å². The van der Waals surface area contributed by atoms with Crippen molar-refractivity contribution in [3.63, 3.8) is 0 Å². The van der Waals surface area contributed by atoms with E-state index in [-0.39, 0.29) is 12.5 Å². The van der Waals surface area contributed by atoms with Crippen LogP contribution in [0.5, 0.6) is 17.4 Å². The van der Waals surface area contributed by atoms with E-state index < -0.39 is 0 Å². The molecular formula is C14H11N3O3. The first-order valence-electron chi connectivity index (χ1n) is 5.94. The first-order valence-corrected chi connectivity index (χ1v) is 5.94. The molecule has 0 saturated carbocycles. The van der Waals surface area contributed by atoms with Gasteiger partial charge in [0.25, 0.3) is 0 Å². The van der Waals surface area contributed by atoms with Crippen LogP contribution in [0.1, 0.15) is 11.3 Å². The molecule has 0 radical (unpaired) electrons. The molecule has 6 heteroatoms. The minimum atomic E-state index is 0.160. The lowest BCUT2D eigenvalue weighted by Crippen LogP contribution is -2.00. The second kappa shape index (κ2) is 4.97. The molecule has 0 saturated heterocycles. The third-order valence-electron chi connectivity index (χ3n) is 2.83. The smallest absolute Gasteiger partial charge is 0.231 e. The molecule has 2 aromatic rings. The van der Waals surface area contributed by atoms with Crippen LogP contribution in [-0.2, 0) is 6.61 Å². The molecule has 0 spiro atoms. The molecule has 2 N–H and O–H groups in total. The number of hydrogen-bond acceptors (Lipinski definition) is 6. The highest BCUT2D eigenvalue weighted by atomic mass is 16.7. The topological polar surface area (TPSA) is 90.4 Å². The van der Waals surface area contributed by atoms with Crippen LogP contribution < -0.4 is 19.9 Å². The van der Waals surface area contributed by atoms with Crippen molar-refractivity contribution in [1.82, 2.24) is 4.98 Å². The highest BCUT2D eigenvalue weighted by Crippen LogP contribution is 2.32. The molecule has 0 atom stereocenters. The van der Waals surface area contributed by atoms with Gasteiger partial charge >= 0.3 is 0 Å². The summed E-state index contributed by atoms with van der Waals surface area (Å²) in [7, 11) is 0. The third-order valence-corrected chi connectivity index (χ3v) is 2.83. The highest BCUT2D eigenvalue weighted by molar-refractivity contribution is 5.50. The Bertz CT molecular complexity index is 695. The zero-order valence-electron chi connectivity index (χ0n) is 10.5. The number of aromatic nitrogens is 1. The maximum absolute atomic E-state index is 8.86. The van der Waals surface area contributed by atoms with Crippen molar-refractivity contribution in [2.75, 3.05) is 12.5 Å². The summed E-state index contributed by atoms with van der Waals surface area (Å²) in [5.41, 5.74) is 7.02. The van der Waals surface area contributed by atoms with Gasteiger partial charge in [0, 0.05) is 6.07 Å². The summed E-state index contributed by atoms with van der Waals surface area (Å²) < 4.78 is 16.1. The van der Waals surface area contributed by atoms with E-state index in [9.17, 15) is 0 Å². The Morgan fingerprint density at radius 3 is 2.95 bits per heavy atom. The van der Waals surface area contributed by atoms with Crippen LogP contribution in [0, 0.1) is 11.3 Å². The van der Waals surface area contributed by atoms with Crippen LogP contribution in [0.4, 0.5) is 5.69 Å². The van der Waals surface area contributed by atoms with Crippen LogP contribution in [0.15, 0.2) is 30.3 Å². The van der Waals surface area contributed by atoms with Gasteiger partial charge in [-0.1, -0.05) is 6.07 Å². The van der Waals surface area contributed by atoms with Crippen LogP contribution in [-0.4, -0.2) is 11.8 Å². The standard InChI is InChI=1S/C14H11N3O3/c15-6-11-10(16)2-4-14(17-11)18-7-9-1-3-12-13(5-9)20-8-19-12/h1-5H,7-8,16H2. The first-order chi connectivity index (χ1) is 9.76. The molecule has 20 heavy (non-hydrogen) atoms. The van der Waals surface area contributed by atoms with E-state index in [0.717, 1.165) is 11.3 Å². The van der Waals surface area contributed by atoms with E-state index >= 15 is 0 Å². The number of pyridine rings is 1. The lowest BCUT2D eigenvalue weighted by molar-refractivity contribution is 0.174. The Kier molecular flexibility index (Phi) is 3.01. The largest absolute Gasteiger partial charge is 0.473 e. The Balaban J connectivity index is 1.72. The Hall–Kier alpha value is -2.94. The van der Waals surface area contributed by atoms with Gasteiger partial charge in [-0.05, 0) is 23.8 Å². The highest BCUT2D eigenvalue weighted by Gasteiger charge is 2.13. The van der Waals surface area contributed by atoms with E-state index in [1.54, 1.807) is 12.1 Å². The van der Waals surface area contributed by atoms with E-state index in [0.29, 0.717) is 23.9 Å². The predicted octanol–water partition coefficient (Wildman–Crippen LogP) is 1.84. The summed E-state index contributed by atoms with van der Waals surface area (Å²) in [6, 6.07) is 10.7. The van der Waals surface area contributed by atoms with Crippen molar-refractivity contribution in [2.45, 2.75) is 6.61 Å². The fraction of sp³-hybridized carbons (Fsp3) is 0.143. The first kappa shape index (κ1) is 12.1. The molecule has 0 bridgehead atoms. The summed E-state index contributed by atoms with van der Waals surface area (Å²) in [6.45, 7) is 0.559. The van der Waals surface area contributed by atoms with Gasteiger partial charge in [-0.3, -0.25) is 0 Å². The van der Waals surface area contributed by atoms with Crippen LogP contribution in [0.3, 0.4) is 0 Å². The molecule has 0 amide bonds. The molecule has 0 fully saturated rings. The molecule has 0 unspecified atom stereocenters. The second-order valence-electron chi connectivity index (χ2n) is 4.18. The lowest BCUT2D eigenvalue weighted by atomic mass is 10.2. The number of benzene rings is 1. The fourth-order valence-electron chi connectivity index (χ4n) is 1.81. The molecular weight excluding hydrogens is 258 g/mol. The van der Waals surface area contributed by atoms with Gasteiger partial charge in [0.1, 0.15) is 12.7 Å². The zero-order chi connectivity index (χ0) is 13.9. The van der Waals surface area contributed by atoms with Crippen molar-refractivity contribution in [2.24, 2.45) is 0 Å². The van der Waals surface area contributed by atoms with Gasteiger partial charge < -0.3 is 19.9 Å². The van der Waals surface area contributed by atoms with Gasteiger partial charge in [0.05, 0.1) is 5.69 Å². The number of hydrogen-bond donors (Lipinski definition) is 1. The molecule has 100 valence electrons. The second-order valence-corrected chi connectivity index (χ2v) is 4.18. The molecule has 1 aliphatic rings. The Morgan fingerprint density at radius 2 is 2.10 bits per heavy atom. The lowest BCUT2D eigenvalue weighted by Gasteiger charge is -2.07. The van der Waals surface area contributed by atoms with Crippen LogP contribution >= 0.6 is 0 Å². The van der Waals surface area contributed by atoms with Crippen molar-refractivity contribution in [1.29, 1.82) is 5.26 Å². The molecule has 1 aromatic carbocycles. The molecule has 1 aliphatic heterocycles. The van der Waals surface area contributed by atoms with E-state index in [2.05, 4.69) is 4.98 Å². The summed E-state index contributed by atoms with van der Waals surface area (Å²) in [5.74, 6) is 1.79. The fourth-order valence-corrected chi connectivity index (χ4v) is 1.81. The number of nitriles is 1. The maximum Gasteiger partial charge on any atom is 0.231 e. The predicted molar refractivity (Wildman–Crippen MR) is 70.3 cm³/mol. The zero-order valence-corrected chi connectivity index (χ0v) is 10.5. The number of anilines is 1. The minimum Gasteiger partial charge on any atom is -0.473 e. The third kappa shape index (κ3) is 2.29. The summed E-state index contributed by atoms with van der Waals surface area (Å²) in [6.07, 6.45) is 0. The molecule has 0 aliphatic carbocycles. The maximum atomic E-state index is 8.86. The van der Waals surface area contributed by atoms with E-state index in [1.807, 2.05) is 24.3 Å². The van der Waals surface area contributed by atoms with Gasteiger partial charge in [0.2, 0.25) is 12.7 Å². The number of rotatable bonds is 3. The Labute approximate surface area is 115 Å². The van der Waals surface area contributed by atoms with Crippen molar-refractivity contribution < 1.29 is 14.2 Å². The van der Waals surface area contributed by atoms with Crippen LogP contribution in [0.2, 0.25) is 0 Å². The SMILES string of the molecule is N#Cc1nc(OCc2ccc3c(c2)OCO3)ccc1N. The average Bonchev–Trinajstić information content (AvgIpc) is 2.94. The van der Waals surface area contributed by atoms with Crippen molar-refractivity contribution in [3.05, 3.63) is 41.6 Å². The van der Waals surface area contributed by atoms with Crippen molar-refractivity contribution >= 4 is 5.69 Å². The molecule has 1 aromatic heterocycles. The molecule has 2 heterocycles. The number of nitrogens with two attached hydrogens (primary N) is 1. The number of ether oxygens (including phenoxy) is 3. The van der Waals surface area contributed by atoms with Crippen molar-refractivity contribution in [3.8, 4) is 23.4 Å². The summed E-state index contributed by atoms with van der Waals surface area (Å²) in [5, 5.41) is 8.86. The van der Waals surface area contributed by atoms with E-state index in [1.165, 1.54) is 0 Å². The van der Waals surface area contributed by atoms with Gasteiger partial charge in [-0.2, -0.15) is 5.26 Å². The summed E-state index contributed by atoms with van der Waals surface area (Å²) in [4.78, 5) is 4.01. The number of fused-ring (bicyclic) bond motifs is 1. The number of nitrogens with zero attached hydrogens (tertiary/aromatic N) is 2. The normalized spacial score (nSPS) is 11.9. The average molecular weight is 269 g/mol. The number of nitrogen functional groups attached to an aromatic ring is 1. The quantitative estimate of drug-likeness (QED) is 0.914. The summed E-state index contributed by atoms with van der Waals surface area (Å²) >= 11 is 0. The van der Waals surface area contributed by atoms with E-state index in [4.69, 9.17) is 25.2 Å². The molecule has 3 rings (SSSR count). The van der Waals surface area contributed by atoms with Gasteiger partial charge in [-0.15, -0.1) is 0 Å². The van der Waals surface area contributed by atoms with Gasteiger partial charge in [0.15, 0.2) is 17.2 Å². The van der Waals surface area contributed by atoms with Gasteiger partial charge in [-0.25, -0.2) is 4.98 Å². The molecule has 6 nitrogen and oxygen atoms in total.